The fraction of sp³-hybridized carbons (Fsp3) is 0.600. The average molecular weight is 263 g/mol. The van der Waals surface area contributed by atoms with Crippen molar-refractivity contribution < 1.29 is 4.74 Å². The van der Waals surface area contributed by atoms with E-state index >= 15 is 0 Å². The summed E-state index contributed by atoms with van der Waals surface area (Å²) in [5, 5.41) is 0. The second-order valence-electron chi connectivity index (χ2n) is 5.20. The largest absolute Gasteiger partial charge is 0.492 e. The molecule has 2 N–H and O–H groups in total. The highest BCUT2D eigenvalue weighted by Crippen LogP contribution is 2.14. The summed E-state index contributed by atoms with van der Waals surface area (Å²) in [6.45, 7) is 10.8. The number of ether oxygens (including phenoxy) is 1. The van der Waals surface area contributed by atoms with Crippen LogP contribution < -0.4 is 10.5 Å². The van der Waals surface area contributed by atoms with Gasteiger partial charge in [-0.25, -0.2) is 0 Å². The van der Waals surface area contributed by atoms with E-state index in [1.807, 2.05) is 24.3 Å². The maximum Gasteiger partial charge on any atom is 0.121 e. The van der Waals surface area contributed by atoms with Crippen LogP contribution in [0.5, 0.6) is 5.75 Å². The molecule has 0 radical (unpaired) electrons. The summed E-state index contributed by atoms with van der Waals surface area (Å²) in [5.74, 6) is 0.861. The first-order valence-electron chi connectivity index (χ1n) is 7.13. The summed E-state index contributed by atoms with van der Waals surface area (Å²) < 4.78 is 5.74. The predicted octanol–water partition coefficient (Wildman–Crippen LogP) is 1.67. The average Bonchev–Trinajstić information content (AvgIpc) is 2.39. The Bertz CT molecular complexity index is 397. The van der Waals surface area contributed by atoms with Crippen molar-refractivity contribution >= 4 is 5.69 Å². The first-order valence-corrected chi connectivity index (χ1v) is 7.13. The lowest BCUT2D eigenvalue weighted by molar-refractivity contribution is 0.0781. The number of benzene rings is 1. The quantitative estimate of drug-likeness (QED) is 0.821. The molecule has 1 aliphatic rings. The summed E-state index contributed by atoms with van der Waals surface area (Å²) in [4.78, 5) is 5.00. The zero-order valence-electron chi connectivity index (χ0n) is 12.0. The summed E-state index contributed by atoms with van der Waals surface area (Å²) in [7, 11) is 0. The molecule has 1 atom stereocenters. The molecule has 4 heteroatoms. The highest BCUT2D eigenvalue weighted by Gasteiger charge is 2.21. The molecule has 1 aromatic rings. The third-order valence-electron chi connectivity index (χ3n) is 3.79. The zero-order chi connectivity index (χ0) is 13.7. The molecule has 106 valence electrons. The molecule has 1 unspecified atom stereocenters. The van der Waals surface area contributed by atoms with Crippen LogP contribution in [0.25, 0.3) is 0 Å². The van der Waals surface area contributed by atoms with E-state index in [-0.39, 0.29) is 0 Å². The van der Waals surface area contributed by atoms with E-state index in [2.05, 4.69) is 23.6 Å². The van der Waals surface area contributed by atoms with Crippen LogP contribution in [0, 0.1) is 0 Å². The lowest BCUT2D eigenvalue weighted by Gasteiger charge is -2.39. The number of nitrogens with two attached hydrogens (primary N) is 1. The van der Waals surface area contributed by atoms with Crippen LogP contribution in [0.15, 0.2) is 24.3 Å². The molecule has 0 bridgehead atoms. The molecule has 19 heavy (non-hydrogen) atoms. The number of anilines is 1. The molecule has 1 heterocycles. The van der Waals surface area contributed by atoms with Gasteiger partial charge in [-0.1, -0.05) is 13.0 Å². The van der Waals surface area contributed by atoms with Gasteiger partial charge in [-0.15, -0.1) is 0 Å². The monoisotopic (exact) mass is 263 g/mol. The Balaban J connectivity index is 1.72. The highest BCUT2D eigenvalue weighted by atomic mass is 16.5. The van der Waals surface area contributed by atoms with E-state index in [0.717, 1.165) is 50.8 Å². The van der Waals surface area contributed by atoms with Crippen molar-refractivity contribution in [3.05, 3.63) is 24.3 Å². The summed E-state index contributed by atoms with van der Waals surface area (Å²) >= 11 is 0. The molecule has 0 amide bonds. The first-order chi connectivity index (χ1) is 9.19. The van der Waals surface area contributed by atoms with E-state index in [9.17, 15) is 0 Å². The second kappa shape index (κ2) is 6.78. The minimum Gasteiger partial charge on any atom is -0.492 e. The van der Waals surface area contributed by atoms with Gasteiger partial charge < -0.3 is 10.5 Å². The molecular weight excluding hydrogens is 238 g/mol. The molecule has 4 nitrogen and oxygen atoms in total. The number of nitrogen functional groups attached to an aromatic ring is 1. The second-order valence-corrected chi connectivity index (χ2v) is 5.20. The van der Waals surface area contributed by atoms with E-state index in [1.165, 1.54) is 0 Å². The molecule has 2 rings (SSSR count). The van der Waals surface area contributed by atoms with Crippen molar-refractivity contribution in [3.8, 4) is 5.75 Å². The van der Waals surface area contributed by atoms with E-state index in [0.29, 0.717) is 6.04 Å². The van der Waals surface area contributed by atoms with Crippen LogP contribution in [-0.4, -0.2) is 55.2 Å². The fourth-order valence-electron chi connectivity index (χ4n) is 2.64. The number of nitrogens with zero attached hydrogens (tertiary/aromatic N) is 2. The SMILES string of the molecule is CCN1CCN(CCOc2cccc(N)c2)CC1C. The van der Waals surface area contributed by atoms with Crippen LogP contribution in [-0.2, 0) is 0 Å². The highest BCUT2D eigenvalue weighted by molar-refractivity contribution is 5.43. The van der Waals surface area contributed by atoms with Crippen LogP contribution in [0.3, 0.4) is 0 Å². The van der Waals surface area contributed by atoms with Gasteiger partial charge in [0, 0.05) is 44.0 Å². The minimum atomic E-state index is 0.645. The molecule has 1 aromatic carbocycles. The Kier molecular flexibility index (Phi) is 5.05. The van der Waals surface area contributed by atoms with Gasteiger partial charge >= 0.3 is 0 Å². The molecule has 1 fully saturated rings. The van der Waals surface area contributed by atoms with Crippen molar-refractivity contribution in [2.75, 3.05) is 45.1 Å². The first kappa shape index (κ1) is 14.2. The molecule has 0 spiro atoms. The Morgan fingerprint density at radius 3 is 2.89 bits per heavy atom. The smallest absolute Gasteiger partial charge is 0.121 e. The van der Waals surface area contributed by atoms with Crippen molar-refractivity contribution in [2.45, 2.75) is 19.9 Å². The van der Waals surface area contributed by atoms with Crippen molar-refractivity contribution in [2.24, 2.45) is 0 Å². The van der Waals surface area contributed by atoms with Gasteiger partial charge in [-0.2, -0.15) is 0 Å². The fourth-order valence-corrected chi connectivity index (χ4v) is 2.64. The van der Waals surface area contributed by atoms with Gasteiger partial charge in [-0.05, 0) is 25.6 Å². The lowest BCUT2D eigenvalue weighted by atomic mass is 10.2. The number of hydrogen-bond acceptors (Lipinski definition) is 4. The molecule has 0 aromatic heterocycles. The summed E-state index contributed by atoms with van der Waals surface area (Å²) in [5.41, 5.74) is 6.48. The molecule has 0 aliphatic carbocycles. The Hall–Kier alpha value is -1.26. The standard InChI is InChI=1S/C15H25N3O/c1-3-18-8-7-17(12-13(18)2)9-10-19-15-6-4-5-14(16)11-15/h4-6,11,13H,3,7-10,12,16H2,1-2H3. The van der Waals surface area contributed by atoms with Crippen LogP contribution >= 0.6 is 0 Å². The van der Waals surface area contributed by atoms with Gasteiger partial charge in [0.05, 0.1) is 0 Å². The lowest BCUT2D eigenvalue weighted by Crippen LogP contribution is -2.52. The third kappa shape index (κ3) is 4.11. The molecule has 1 aliphatic heterocycles. The van der Waals surface area contributed by atoms with E-state index < -0.39 is 0 Å². The van der Waals surface area contributed by atoms with E-state index in [4.69, 9.17) is 10.5 Å². The normalized spacial score (nSPS) is 21.5. The van der Waals surface area contributed by atoms with E-state index in [1.54, 1.807) is 0 Å². The van der Waals surface area contributed by atoms with Crippen LogP contribution in [0.2, 0.25) is 0 Å². The molecule has 1 saturated heterocycles. The van der Waals surface area contributed by atoms with Gasteiger partial charge in [0.2, 0.25) is 0 Å². The Morgan fingerprint density at radius 1 is 1.37 bits per heavy atom. The Morgan fingerprint density at radius 2 is 2.21 bits per heavy atom. The number of rotatable bonds is 5. The van der Waals surface area contributed by atoms with Crippen molar-refractivity contribution in [1.29, 1.82) is 0 Å². The van der Waals surface area contributed by atoms with Gasteiger partial charge in [-0.3, -0.25) is 9.80 Å². The topological polar surface area (TPSA) is 41.7 Å². The number of piperazine rings is 1. The summed E-state index contributed by atoms with van der Waals surface area (Å²) in [6.07, 6.45) is 0. The van der Waals surface area contributed by atoms with Gasteiger partial charge in [0.1, 0.15) is 12.4 Å². The Labute approximate surface area is 116 Å². The number of hydrogen-bond donors (Lipinski definition) is 1. The molecular formula is C15H25N3O. The van der Waals surface area contributed by atoms with Crippen LogP contribution in [0.1, 0.15) is 13.8 Å². The van der Waals surface area contributed by atoms with Crippen molar-refractivity contribution in [3.63, 3.8) is 0 Å². The van der Waals surface area contributed by atoms with Gasteiger partial charge in [0.25, 0.3) is 0 Å². The predicted molar refractivity (Wildman–Crippen MR) is 79.5 cm³/mol. The van der Waals surface area contributed by atoms with Crippen molar-refractivity contribution in [1.82, 2.24) is 9.80 Å². The third-order valence-corrected chi connectivity index (χ3v) is 3.79. The summed E-state index contributed by atoms with van der Waals surface area (Å²) in [6, 6.07) is 8.27. The maximum atomic E-state index is 5.74. The minimum absolute atomic E-state index is 0.645. The number of likely N-dealkylation sites (N-methyl/N-ethyl adjacent to an activating group) is 1. The molecule has 0 saturated carbocycles. The zero-order valence-corrected chi connectivity index (χ0v) is 12.0. The van der Waals surface area contributed by atoms with Crippen LogP contribution in [0.4, 0.5) is 5.69 Å². The van der Waals surface area contributed by atoms with Gasteiger partial charge in [0.15, 0.2) is 0 Å². The maximum absolute atomic E-state index is 5.74.